The molecule has 1 aliphatic carbocycles. The lowest BCUT2D eigenvalue weighted by atomic mass is 10.1. The Balaban J connectivity index is 2.10. The molecule has 0 atom stereocenters. The molecular weight excluding hydrogens is 264 g/mol. The van der Waals surface area contributed by atoms with E-state index < -0.39 is 0 Å². The number of amidine groups is 1. The summed E-state index contributed by atoms with van der Waals surface area (Å²) in [5.74, 6) is 0.233. The van der Waals surface area contributed by atoms with Crippen LogP contribution >= 0.6 is 11.6 Å². The minimum Gasteiger partial charge on any atom is -0.409 e. The van der Waals surface area contributed by atoms with Crippen LogP contribution in [0.15, 0.2) is 23.6 Å². The Bertz CT molecular complexity index is 446. The van der Waals surface area contributed by atoms with Gasteiger partial charge in [-0.3, -0.25) is 9.88 Å². The molecule has 5 nitrogen and oxygen atoms in total. The molecule has 19 heavy (non-hydrogen) atoms. The van der Waals surface area contributed by atoms with Crippen LogP contribution in [0.3, 0.4) is 0 Å². The van der Waals surface area contributed by atoms with Gasteiger partial charge in [0.25, 0.3) is 0 Å². The van der Waals surface area contributed by atoms with Gasteiger partial charge in [0.1, 0.15) is 0 Å². The predicted octanol–water partition coefficient (Wildman–Crippen LogP) is 2.23. The number of oxime groups is 1. The number of aromatic nitrogens is 1. The van der Waals surface area contributed by atoms with E-state index in [1.54, 1.807) is 12.4 Å². The second-order valence-electron chi connectivity index (χ2n) is 4.90. The zero-order chi connectivity index (χ0) is 13.7. The molecule has 1 aromatic heterocycles. The lowest BCUT2D eigenvalue weighted by Gasteiger charge is -2.28. The first kappa shape index (κ1) is 14.1. The van der Waals surface area contributed by atoms with Gasteiger partial charge >= 0.3 is 0 Å². The van der Waals surface area contributed by atoms with E-state index in [1.807, 2.05) is 6.07 Å². The number of hydrogen-bond donors (Lipinski definition) is 2. The Morgan fingerprint density at radius 3 is 2.89 bits per heavy atom. The summed E-state index contributed by atoms with van der Waals surface area (Å²) in [5.41, 5.74) is 6.67. The van der Waals surface area contributed by atoms with E-state index in [1.165, 1.54) is 12.8 Å². The second kappa shape index (κ2) is 6.73. The summed E-state index contributed by atoms with van der Waals surface area (Å²) < 4.78 is 0. The molecule has 0 saturated heterocycles. The van der Waals surface area contributed by atoms with E-state index in [-0.39, 0.29) is 5.84 Å². The van der Waals surface area contributed by atoms with Crippen LogP contribution in [0.4, 0.5) is 0 Å². The maximum atomic E-state index is 8.75. The minimum atomic E-state index is 0.233. The summed E-state index contributed by atoms with van der Waals surface area (Å²) in [5, 5.41) is 12.5. The molecule has 3 N–H and O–H groups in total. The lowest BCUT2D eigenvalue weighted by molar-refractivity contribution is 0.214. The quantitative estimate of drug-likeness (QED) is 0.376. The van der Waals surface area contributed by atoms with E-state index in [4.69, 9.17) is 22.5 Å². The highest BCUT2D eigenvalue weighted by Crippen LogP contribution is 2.26. The number of nitrogens with zero attached hydrogens (tertiary/aromatic N) is 3. The van der Waals surface area contributed by atoms with E-state index in [9.17, 15) is 0 Å². The van der Waals surface area contributed by atoms with Gasteiger partial charge in [-0.2, -0.15) is 0 Å². The molecule has 6 heteroatoms. The summed E-state index contributed by atoms with van der Waals surface area (Å²) in [7, 11) is 0. The Kier molecular flexibility index (Phi) is 4.99. The van der Waals surface area contributed by atoms with Crippen LogP contribution in [-0.4, -0.2) is 33.5 Å². The van der Waals surface area contributed by atoms with Crippen molar-refractivity contribution in [2.45, 2.75) is 38.3 Å². The number of hydrogen-bond acceptors (Lipinski definition) is 4. The summed E-state index contributed by atoms with van der Waals surface area (Å²) in [6.45, 7) is 1.15. The zero-order valence-electron chi connectivity index (χ0n) is 10.8. The van der Waals surface area contributed by atoms with Crippen molar-refractivity contribution in [2.75, 3.05) is 6.54 Å². The van der Waals surface area contributed by atoms with E-state index >= 15 is 0 Å². The van der Waals surface area contributed by atoms with Gasteiger partial charge in [-0.15, -0.1) is 0 Å². The SMILES string of the molecule is NC(CN(Cc1ccncc1Cl)C1CCCC1)=NO. The highest BCUT2D eigenvalue weighted by molar-refractivity contribution is 6.31. The van der Waals surface area contributed by atoms with Crippen molar-refractivity contribution in [3.63, 3.8) is 0 Å². The Morgan fingerprint density at radius 1 is 1.53 bits per heavy atom. The average Bonchev–Trinajstić information content (AvgIpc) is 2.94. The third-order valence-electron chi connectivity index (χ3n) is 3.56. The molecular formula is C13H19ClN4O. The van der Waals surface area contributed by atoms with Crippen LogP contribution in [0, 0.1) is 0 Å². The van der Waals surface area contributed by atoms with Crippen molar-refractivity contribution in [2.24, 2.45) is 10.9 Å². The molecule has 1 fully saturated rings. The van der Waals surface area contributed by atoms with Gasteiger partial charge in [-0.05, 0) is 24.5 Å². The fourth-order valence-electron chi connectivity index (χ4n) is 2.57. The average molecular weight is 283 g/mol. The molecule has 0 aromatic carbocycles. The molecule has 0 spiro atoms. The molecule has 0 aliphatic heterocycles. The molecule has 1 saturated carbocycles. The molecule has 104 valence electrons. The summed E-state index contributed by atoms with van der Waals surface area (Å²) in [6.07, 6.45) is 8.16. The maximum Gasteiger partial charge on any atom is 0.153 e. The first-order chi connectivity index (χ1) is 9.20. The van der Waals surface area contributed by atoms with E-state index in [2.05, 4.69) is 15.0 Å². The first-order valence-electron chi connectivity index (χ1n) is 6.49. The van der Waals surface area contributed by atoms with Crippen LogP contribution in [0.1, 0.15) is 31.2 Å². The van der Waals surface area contributed by atoms with Crippen LogP contribution in [0.25, 0.3) is 0 Å². The highest BCUT2D eigenvalue weighted by atomic mass is 35.5. The molecule has 2 rings (SSSR count). The van der Waals surface area contributed by atoms with Crippen molar-refractivity contribution in [1.82, 2.24) is 9.88 Å². The maximum absolute atomic E-state index is 8.75. The van der Waals surface area contributed by atoms with Gasteiger partial charge in [0.15, 0.2) is 5.84 Å². The molecule has 0 bridgehead atoms. The van der Waals surface area contributed by atoms with Gasteiger partial charge in [-0.25, -0.2) is 0 Å². The monoisotopic (exact) mass is 282 g/mol. The number of pyridine rings is 1. The number of rotatable bonds is 5. The van der Waals surface area contributed by atoms with Gasteiger partial charge in [0.2, 0.25) is 0 Å². The summed E-state index contributed by atoms with van der Waals surface area (Å²) in [6, 6.07) is 2.39. The fraction of sp³-hybridized carbons (Fsp3) is 0.538. The molecule has 0 amide bonds. The zero-order valence-corrected chi connectivity index (χ0v) is 11.6. The van der Waals surface area contributed by atoms with Crippen molar-refractivity contribution < 1.29 is 5.21 Å². The van der Waals surface area contributed by atoms with Crippen molar-refractivity contribution in [3.05, 3.63) is 29.0 Å². The van der Waals surface area contributed by atoms with Crippen LogP contribution in [-0.2, 0) is 6.54 Å². The van der Waals surface area contributed by atoms with Crippen molar-refractivity contribution >= 4 is 17.4 Å². The normalized spacial score (nSPS) is 17.3. The molecule has 1 heterocycles. The van der Waals surface area contributed by atoms with Crippen LogP contribution < -0.4 is 5.73 Å². The Hall–Kier alpha value is -1.33. The minimum absolute atomic E-state index is 0.233. The summed E-state index contributed by atoms with van der Waals surface area (Å²) in [4.78, 5) is 6.21. The molecule has 1 aromatic rings. The summed E-state index contributed by atoms with van der Waals surface area (Å²) >= 11 is 6.15. The molecule has 1 aliphatic rings. The lowest BCUT2D eigenvalue weighted by Crippen LogP contribution is -2.39. The van der Waals surface area contributed by atoms with Crippen molar-refractivity contribution in [3.8, 4) is 0 Å². The number of nitrogens with two attached hydrogens (primary N) is 1. The predicted molar refractivity (Wildman–Crippen MR) is 75.3 cm³/mol. The standard InChI is InChI=1S/C13H19ClN4O/c14-12-7-16-6-5-10(12)8-18(9-13(15)17-19)11-3-1-2-4-11/h5-7,11,19H,1-4,8-9H2,(H2,15,17). The molecule has 0 radical (unpaired) electrons. The smallest absolute Gasteiger partial charge is 0.153 e. The topological polar surface area (TPSA) is 74.7 Å². The van der Waals surface area contributed by atoms with Crippen LogP contribution in [0.2, 0.25) is 5.02 Å². The van der Waals surface area contributed by atoms with Gasteiger partial charge < -0.3 is 10.9 Å². The van der Waals surface area contributed by atoms with Crippen LogP contribution in [0.5, 0.6) is 0 Å². The fourth-order valence-corrected chi connectivity index (χ4v) is 2.75. The Morgan fingerprint density at radius 2 is 2.26 bits per heavy atom. The Labute approximate surface area is 118 Å². The molecule has 0 unspecified atom stereocenters. The highest BCUT2D eigenvalue weighted by Gasteiger charge is 2.24. The second-order valence-corrected chi connectivity index (χ2v) is 5.31. The third kappa shape index (κ3) is 3.81. The number of halogens is 1. The van der Waals surface area contributed by atoms with Gasteiger partial charge in [0, 0.05) is 25.0 Å². The third-order valence-corrected chi connectivity index (χ3v) is 3.90. The van der Waals surface area contributed by atoms with Gasteiger partial charge in [0.05, 0.1) is 11.6 Å². The van der Waals surface area contributed by atoms with Gasteiger partial charge in [-0.1, -0.05) is 29.6 Å². The van der Waals surface area contributed by atoms with E-state index in [0.29, 0.717) is 24.2 Å². The van der Waals surface area contributed by atoms with E-state index in [0.717, 1.165) is 18.4 Å². The largest absolute Gasteiger partial charge is 0.409 e. The first-order valence-corrected chi connectivity index (χ1v) is 6.87. The van der Waals surface area contributed by atoms with Crippen molar-refractivity contribution in [1.29, 1.82) is 0 Å².